The SMILES string of the molecule is CC(C)CCN(C)C1(CN)CSC(C)C1. The Kier molecular flexibility index (Phi) is 4.94. The molecule has 0 amide bonds. The molecule has 1 aliphatic rings. The summed E-state index contributed by atoms with van der Waals surface area (Å²) >= 11 is 2.07. The van der Waals surface area contributed by atoms with Crippen LogP contribution in [0.4, 0.5) is 0 Å². The zero-order valence-corrected chi connectivity index (χ0v) is 11.4. The van der Waals surface area contributed by atoms with E-state index in [1.54, 1.807) is 0 Å². The van der Waals surface area contributed by atoms with Crippen molar-refractivity contribution in [2.24, 2.45) is 11.7 Å². The highest BCUT2D eigenvalue weighted by molar-refractivity contribution is 8.00. The van der Waals surface area contributed by atoms with E-state index in [1.807, 2.05) is 0 Å². The molecular weight excluding hydrogens is 204 g/mol. The van der Waals surface area contributed by atoms with Crippen molar-refractivity contribution in [2.45, 2.75) is 44.4 Å². The standard InChI is InChI=1S/C12H26N2S/c1-10(2)5-6-14(4)12(8-13)7-11(3)15-9-12/h10-11H,5-9,13H2,1-4H3. The van der Waals surface area contributed by atoms with E-state index in [0.29, 0.717) is 0 Å². The molecule has 0 aromatic carbocycles. The van der Waals surface area contributed by atoms with Crippen molar-refractivity contribution in [3.05, 3.63) is 0 Å². The van der Waals surface area contributed by atoms with Crippen LogP contribution in [0.1, 0.15) is 33.6 Å². The Hall–Kier alpha value is 0.270. The Bertz CT molecular complexity index is 196. The Morgan fingerprint density at radius 1 is 1.53 bits per heavy atom. The van der Waals surface area contributed by atoms with Crippen LogP contribution >= 0.6 is 11.8 Å². The Morgan fingerprint density at radius 2 is 2.20 bits per heavy atom. The van der Waals surface area contributed by atoms with Crippen molar-refractivity contribution in [1.82, 2.24) is 4.90 Å². The first-order valence-corrected chi connectivity index (χ1v) is 7.08. The zero-order valence-electron chi connectivity index (χ0n) is 10.6. The summed E-state index contributed by atoms with van der Waals surface area (Å²) in [6.07, 6.45) is 2.53. The topological polar surface area (TPSA) is 29.3 Å². The van der Waals surface area contributed by atoms with Gasteiger partial charge in [-0.05, 0) is 32.4 Å². The fourth-order valence-electron chi connectivity index (χ4n) is 2.20. The molecule has 2 atom stereocenters. The van der Waals surface area contributed by atoms with Crippen LogP contribution in [0.3, 0.4) is 0 Å². The third kappa shape index (κ3) is 3.36. The van der Waals surface area contributed by atoms with Crippen LogP contribution < -0.4 is 5.73 Å². The molecule has 1 saturated heterocycles. The monoisotopic (exact) mass is 230 g/mol. The van der Waals surface area contributed by atoms with Crippen LogP contribution in [0.2, 0.25) is 0 Å². The van der Waals surface area contributed by atoms with Gasteiger partial charge < -0.3 is 5.73 Å². The number of hydrogen-bond donors (Lipinski definition) is 1. The molecule has 15 heavy (non-hydrogen) atoms. The molecule has 0 aliphatic carbocycles. The first-order valence-electron chi connectivity index (χ1n) is 6.03. The second-order valence-corrected chi connectivity index (χ2v) is 6.79. The fourth-order valence-corrected chi connectivity index (χ4v) is 3.68. The molecule has 0 saturated carbocycles. The molecule has 1 fully saturated rings. The van der Waals surface area contributed by atoms with E-state index in [0.717, 1.165) is 17.7 Å². The smallest absolute Gasteiger partial charge is 0.0429 e. The van der Waals surface area contributed by atoms with E-state index in [9.17, 15) is 0 Å². The second-order valence-electron chi connectivity index (χ2n) is 5.36. The molecule has 2 unspecified atom stereocenters. The van der Waals surface area contributed by atoms with Crippen molar-refractivity contribution in [3.63, 3.8) is 0 Å². The first kappa shape index (κ1) is 13.3. The minimum Gasteiger partial charge on any atom is -0.329 e. The van der Waals surface area contributed by atoms with E-state index < -0.39 is 0 Å². The molecule has 0 aromatic rings. The van der Waals surface area contributed by atoms with Gasteiger partial charge in [0.15, 0.2) is 0 Å². The lowest BCUT2D eigenvalue weighted by molar-refractivity contribution is 0.140. The van der Waals surface area contributed by atoms with Gasteiger partial charge in [-0.1, -0.05) is 20.8 Å². The van der Waals surface area contributed by atoms with Gasteiger partial charge in [0.1, 0.15) is 0 Å². The summed E-state index contributed by atoms with van der Waals surface area (Å²) in [6, 6.07) is 0. The van der Waals surface area contributed by atoms with E-state index in [-0.39, 0.29) is 5.54 Å². The zero-order chi connectivity index (χ0) is 11.5. The van der Waals surface area contributed by atoms with E-state index in [2.05, 4.69) is 44.5 Å². The molecule has 1 aliphatic heterocycles. The van der Waals surface area contributed by atoms with Crippen LogP contribution in [-0.2, 0) is 0 Å². The van der Waals surface area contributed by atoms with Gasteiger partial charge in [-0.2, -0.15) is 11.8 Å². The minimum atomic E-state index is 0.277. The van der Waals surface area contributed by atoms with Crippen molar-refractivity contribution in [2.75, 3.05) is 25.9 Å². The third-order valence-electron chi connectivity index (χ3n) is 3.54. The van der Waals surface area contributed by atoms with Crippen LogP contribution in [0, 0.1) is 5.92 Å². The lowest BCUT2D eigenvalue weighted by Gasteiger charge is -2.38. The predicted octanol–water partition coefficient (Wildman–Crippen LogP) is 2.19. The normalized spacial score (nSPS) is 31.8. The number of likely N-dealkylation sites (N-methyl/N-ethyl adjacent to an activating group) is 1. The van der Waals surface area contributed by atoms with Crippen molar-refractivity contribution >= 4 is 11.8 Å². The Balaban J connectivity index is 2.50. The maximum absolute atomic E-state index is 5.98. The van der Waals surface area contributed by atoms with E-state index in [4.69, 9.17) is 5.73 Å². The van der Waals surface area contributed by atoms with Gasteiger partial charge in [0.05, 0.1) is 0 Å². The number of rotatable bonds is 5. The molecule has 3 heteroatoms. The average molecular weight is 230 g/mol. The predicted molar refractivity (Wildman–Crippen MR) is 70.4 cm³/mol. The Morgan fingerprint density at radius 3 is 2.60 bits per heavy atom. The first-order chi connectivity index (χ1) is 7.00. The van der Waals surface area contributed by atoms with Crippen LogP contribution in [0.5, 0.6) is 0 Å². The van der Waals surface area contributed by atoms with Gasteiger partial charge in [0.2, 0.25) is 0 Å². The summed E-state index contributed by atoms with van der Waals surface area (Å²) in [7, 11) is 2.24. The summed E-state index contributed by atoms with van der Waals surface area (Å²) in [6.45, 7) is 8.88. The van der Waals surface area contributed by atoms with Crippen molar-refractivity contribution in [3.8, 4) is 0 Å². The molecule has 0 radical (unpaired) electrons. The van der Waals surface area contributed by atoms with Crippen LogP contribution in [0.25, 0.3) is 0 Å². The van der Waals surface area contributed by atoms with Gasteiger partial charge in [-0.25, -0.2) is 0 Å². The largest absolute Gasteiger partial charge is 0.329 e. The summed E-state index contributed by atoms with van der Waals surface area (Å²) in [5.74, 6) is 1.99. The third-order valence-corrected chi connectivity index (χ3v) is 4.98. The lowest BCUT2D eigenvalue weighted by atomic mass is 9.94. The molecule has 2 N–H and O–H groups in total. The highest BCUT2D eigenvalue weighted by Gasteiger charge is 2.39. The van der Waals surface area contributed by atoms with E-state index in [1.165, 1.54) is 25.1 Å². The van der Waals surface area contributed by atoms with Gasteiger partial charge in [0.25, 0.3) is 0 Å². The molecule has 0 bridgehead atoms. The highest BCUT2D eigenvalue weighted by atomic mass is 32.2. The van der Waals surface area contributed by atoms with Crippen LogP contribution in [0.15, 0.2) is 0 Å². The van der Waals surface area contributed by atoms with Gasteiger partial charge >= 0.3 is 0 Å². The summed E-state index contributed by atoms with van der Waals surface area (Å²) in [5.41, 5.74) is 6.26. The molecule has 0 aromatic heterocycles. The number of nitrogens with two attached hydrogens (primary N) is 1. The van der Waals surface area contributed by atoms with Gasteiger partial charge in [-0.3, -0.25) is 4.90 Å². The minimum absolute atomic E-state index is 0.277. The van der Waals surface area contributed by atoms with Gasteiger partial charge in [-0.15, -0.1) is 0 Å². The summed E-state index contributed by atoms with van der Waals surface area (Å²) in [5, 5.41) is 0.773. The lowest BCUT2D eigenvalue weighted by Crippen LogP contribution is -2.53. The number of hydrogen-bond acceptors (Lipinski definition) is 3. The molecule has 2 nitrogen and oxygen atoms in total. The molecular formula is C12H26N2S. The van der Waals surface area contributed by atoms with Gasteiger partial charge in [0, 0.05) is 23.1 Å². The quantitative estimate of drug-likeness (QED) is 0.785. The second kappa shape index (κ2) is 5.55. The average Bonchev–Trinajstić information content (AvgIpc) is 2.57. The Labute approximate surface area is 99.0 Å². The molecule has 90 valence electrons. The maximum atomic E-state index is 5.98. The fraction of sp³-hybridized carbons (Fsp3) is 1.00. The summed E-state index contributed by atoms with van der Waals surface area (Å²) in [4.78, 5) is 2.50. The van der Waals surface area contributed by atoms with E-state index >= 15 is 0 Å². The maximum Gasteiger partial charge on any atom is 0.0429 e. The van der Waals surface area contributed by atoms with Crippen molar-refractivity contribution in [1.29, 1.82) is 0 Å². The number of nitrogens with zero attached hydrogens (tertiary/aromatic N) is 1. The molecule has 0 spiro atoms. The summed E-state index contributed by atoms with van der Waals surface area (Å²) < 4.78 is 0. The van der Waals surface area contributed by atoms with Crippen LogP contribution in [-0.4, -0.2) is 41.6 Å². The van der Waals surface area contributed by atoms with Crippen molar-refractivity contribution < 1.29 is 0 Å². The molecule has 1 rings (SSSR count). The molecule has 1 heterocycles. The number of thioether (sulfide) groups is 1. The highest BCUT2D eigenvalue weighted by Crippen LogP contribution is 2.37.